The van der Waals surface area contributed by atoms with Crippen LogP contribution in [-0.4, -0.2) is 16.5 Å². The molecule has 2 rings (SSSR count). The van der Waals surface area contributed by atoms with Crippen LogP contribution in [0.25, 0.3) is 0 Å². The largest absolute Gasteiger partial charge is 0.370 e. The van der Waals surface area contributed by atoms with E-state index in [2.05, 4.69) is 15.3 Å². The molecular weight excluding hydrogens is 269 g/mol. The molecule has 0 saturated carbocycles. The van der Waals surface area contributed by atoms with E-state index in [-0.39, 0.29) is 0 Å². The molecule has 0 fully saturated rings. The van der Waals surface area contributed by atoms with E-state index < -0.39 is 0 Å². The molecule has 0 atom stereocenters. The number of hydrogen-bond acceptors (Lipinski definition) is 3. The fourth-order valence-corrected chi connectivity index (χ4v) is 2.10. The van der Waals surface area contributed by atoms with Crippen molar-refractivity contribution in [2.75, 3.05) is 11.9 Å². The molecule has 1 aromatic heterocycles. The molecular formula is C13H13Cl2N3. The number of nitrogens with zero attached hydrogens (tertiary/aromatic N) is 2. The van der Waals surface area contributed by atoms with E-state index >= 15 is 0 Å². The molecule has 0 unspecified atom stereocenters. The molecule has 0 saturated heterocycles. The normalized spacial score (nSPS) is 10.4. The molecule has 18 heavy (non-hydrogen) atoms. The molecule has 1 N–H and O–H groups in total. The second-order valence-electron chi connectivity index (χ2n) is 3.96. The van der Waals surface area contributed by atoms with Gasteiger partial charge in [0.25, 0.3) is 0 Å². The first-order valence-electron chi connectivity index (χ1n) is 5.61. The lowest BCUT2D eigenvalue weighted by molar-refractivity contribution is 0.993. The number of anilines is 1. The Hall–Kier alpha value is -1.32. The minimum atomic E-state index is 0.656. The topological polar surface area (TPSA) is 37.8 Å². The number of benzene rings is 1. The van der Waals surface area contributed by atoms with Gasteiger partial charge in [-0.2, -0.15) is 0 Å². The van der Waals surface area contributed by atoms with Gasteiger partial charge in [0.1, 0.15) is 12.1 Å². The van der Waals surface area contributed by atoms with Crippen molar-refractivity contribution in [1.29, 1.82) is 0 Å². The van der Waals surface area contributed by atoms with Crippen molar-refractivity contribution >= 4 is 29.0 Å². The van der Waals surface area contributed by atoms with Crippen LogP contribution in [0, 0.1) is 6.92 Å². The number of halogens is 2. The summed E-state index contributed by atoms with van der Waals surface area (Å²) in [5, 5.41) is 4.59. The van der Waals surface area contributed by atoms with Crippen molar-refractivity contribution in [2.24, 2.45) is 0 Å². The van der Waals surface area contributed by atoms with Crippen LogP contribution in [-0.2, 0) is 6.42 Å². The molecule has 0 aliphatic heterocycles. The van der Waals surface area contributed by atoms with E-state index in [1.54, 1.807) is 12.4 Å². The van der Waals surface area contributed by atoms with E-state index in [1.807, 2.05) is 25.1 Å². The lowest BCUT2D eigenvalue weighted by atomic mass is 10.1. The summed E-state index contributed by atoms with van der Waals surface area (Å²) in [6, 6.07) is 7.45. The second kappa shape index (κ2) is 6.03. The maximum Gasteiger partial charge on any atom is 0.129 e. The smallest absolute Gasteiger partial charge is 0.129 e. The number of aryl methyl sites for hydroxylation is 1. The summed E-state index contributed by atoms with van der Waals surface area (Å²) in [5.74, 6) is 0.826. The van der Waals surface area contributed by atoms with Crippen LogP contribution in [0.15, 0.2) is 30.6 Å². The molecule has 0 aliphatic rings. The molecule has 0 aliphatic carbocycles. The standard InChI is InChI=1S/C13H13Cl2N3/c1-9-6-13(18-8-17-9)16-5-4-10-2-3-11(14)7-12(10)15/h2-3,6-8H,4-5H2,1H3,(H,16,17,18). The van der Waals surface area contributed by atoms with Gasteiger partial charge in [-0.25, -0.2) is 9.97 Å². The predicted octanol–water partition coefficient (Wildman–Crippen LogP) is 3.75. The van der Waals surface area contributed by atoms with Crippen LogP contribution in [0.2, 0.25) is 10.0 Å². The third kappa shape index (κ3) is 3.59. The van der Waals surface area contributed by atoms with Crippen molar-refractivity contribution in [2.45, 2.75) is 13.3 Å². The zero-order valence-corrected chi connectivity index (χ0v) is 11.5. The number of aromatic nitrogens is 2. The fraction of sp³-hybridized carbons (Fsp3) is 0.231. The van der Waals surface area contributed by atoms with Crippen LogP contribution in [0.3, 0.4) is 0 Å². The first kappa shape index (κ1) is 13.1. The van der Waals surface area contributed by atoms with Crippen molar-refractivity contribution in [3.8, 4) is 0 Å². The molecule has 0 bridgehead atoms. The lowest BCUT2D eigenvalue weighted by Gasteiger charge is -2.07. The average Bonchev–Trinajstić information content (AvgIpc) is 2.32. The van der Waals surface area contributed by atoms with Crippen LogP contribution in [0.1, 0.15) is 11.3 Å². The van der Waals surface area contributed by atoms with Crippen molar-refractivity contribution < 1.29 is 0 Å². The van der Waals surface area contributed by atoms with Crippen LogP contribution in [0.4, 0.5) is 5.82 Å². The highest BCUT2D eigenvalue weighted by Gasteiger charge is 2.01. The summed E-state index contributed by atoms with van der Waals surface area (Å²) in [5.41, 5.74) is 2.01. The van der Waals surface area contributed by atoms with Gasteiger partial charge in [-0.15, -0.1) is 0 Å². The lowest BCUT2D eigenvalue weighted by Crippen LogP contribution is -2.07. The molecule has 1 heterocycles. The zero-order valence-electron chi connectivity index (χ0n) is 9.95. The van der Waals surface area contributed by atoms with Crippen molar-refractivity contribution in [3.05, 3.63) is 51.9 Å². The Balaban J connectivity index is 1.92. The average molecular weight is 282 g/mol. The van der Waals surface area contributed by atoms with E-state index in [9.17, 15) is 0 Å². The molecule has 2 aromatic rings. The Bertz CT molecular complexity index is 544. The molecule has 3 nitrogen and oxygen atoms in total. The van der Waals surface area contributed by atoms with E-state index in [1.165, 1.54) is 0 Å². The van der Waals surface area contributed by atoms with Crippen LogP contribution < -0.4 is 5.32 Å². The summed E-state index contributed by atoms with van der Waals surface area (Å²) in [6.07, 6.45) is 2.37. The number of hydrogen-bond donors (Lipinski definition) is 1. The maximum absolute atomic E-state index is 6.10. The summed E-state index contributed by atoms with van der Waals surface area (Å²) in [4.78, 5) is 8.17. The van der Waals surface area contributed by atoms with E-state index in [0.29, 0.717) is 10.0 Å². The molecule has 0 radical (unpaired) electrons. The first-order valence-corrected chi connectivity index (χ1v) is 6.37. The minimum absolute atomic E-state index is 0.656. The van der Waals surface area contributed by atoms with Crippen LogP contribution in [0.5, 0.6) is 0 Å². The summed E-state index contributed by atoms with van der Waals surface area (Å²) < 4.78 is 0. The summed E-state index contributed by atoms with van der Waals surface area (Å²) in [6.45, 7) is 2.70. The second-order valence-corrected chi connectivity index (χ2v) is 4.80. The Morgan fingerprint density at radius 2 is 2.00 bits per heavy atom. The molecule has 0 spiro atoms. The first-order chi connectivity index (χ1) is 8.65. The Kier molecular flexibility index (Phi) is 4.39. The Morgan fingerprint density at radius 1 is 1.17 bits per heavy atom. The van der Waals surface area contributed by atoms with Gasteiger partial charge in [-0.3, -0.25) is 0 Å². The van der Waals surface area contributed by atoms with Gasteiger partial charge in [0.05, 0.1) is 0 Å². The van der Waals surface area contributed by atoms with Crippen molar-refractivity contribution in [3.63, 3.8) is 0 Å². The zero-order chi connectivity index (χ0) is 13.0. The third-order valence-electron chi connectivity index (χ3n) is 2.52. The SMILES string of the molecule is Cc1cc(NCCc2ccc(Cl)cc2Cl)ncn1. The molecule has 94 valence electrons. The highest BCUT2D eigenvalue weighted by molar-refractivity contribution is 6.35. The monoisotopic (exact) mass is 281 g/mol. The molecule has 0 amide bonds. The van der Waals surface area contributed by atoms with Gasteiger partial charge in [0, 0.05) is 28.4 Å². The Morgan fingerprint density at radius 3 is 2.72 bits per heavy atom. The summed E-state index contributed by atoms with van der Waals surface area (Å²) in [7, 11) is 0. The minimum Gasteiger partial charge on any atom is -0.370 e. The van der Waals surface area contributed by atoms with E-state index in [4.69, 9.17) is 23.2 Å². The molecule has 5 heteroatoms. The number of nitrogens with one attached hydrogen (secondary N) is 1. The maximum atomic E-state index is 6.10. The third-order valence-corrected chi connectivity index (χ3v) is 3.11. The Labute approximate surface area is 116 Å². The van der Waals surface area contributed by atoms with Gasteiger partial charge >= 0.3 is 0 Å². The number of rotatable bonds is 4. The summed E-state index contributed by atoms with van der Waals surface area (Å²) >= 11 is 11.9. The highest BCUT2D eigenvalue weighted by Crippen LogP contribution is 2.21. The van der Waals surface area contributed by atoms with E-state index in [0.717, 1.165) is 30.0 Å². The van der Waals surface area contributed by atoms with Gasteiger partial charge in [-0.05, 0) is 31.0 Å². The van der Waals surface area contributed by atoms with Gasteiger partial charge in [0.15, 0.2) is 0 Å². The molecule has 1 aromatic carbocycles. The quantitative estimate of drug-likeness (QED) is 0.928. The fourth-order valence-electron chi connectivity index (χ4n) is 1.60. The van der Waals surface area contributed by atoms with Crippen LogP contribution >= 0.6 is 23.2 Å². The highest BCUT2D eigenvalue weighted by atomic mass is 35.5. The van der Waals surface area contributed by atoms with Gasteiger partial charge < -0.3 is 5.32 Å². The van der Waals surface area contributed by atoms with Gasteiger partial charge in [0.2, 0.25) is 0 Å². The van der Waals surface area contributed by atoms with Crippen molar-refractivity contribution in [1.82, 2.24) is 9.97 Å². The predicted molar refractivity (Wildman–Crippen MR) is 75.4 cm³/mol. The van der Waals surface area contributed by atoms with Gasteiger partial charge in [-0.1, -0.05) is 29.3 Å².